The van der Waals surface area contributed by atoms with Crippen LogP contribution in [0.3, 0.4) is 0 Å². The fourth-order valence-corrected chi connectivity index (χ4v) is 1.67. The first-order chi connectivity index (χ1) is 6.48. The molecule has 1 aliphatic heterocycles. The second-order valence-corrected chi connectivity index (χ2v) is 4.82. The van der Waals surface area contributed by atoms with Gasteiger partial charge in [0.05, 0.1) is 6.54 Å². The van der Waals surface area contributed by atoms with Gasteiger partial charge in [-0.1, -0.05) is 32.9 Å². The van der Waals surface area contributed by atoms with Crippen LogP contribution >= 0.6 is 0 Å². The lowest BCUT2D eigenvalue weighted by Crippen LogP contribution is -2.15. The average molecular weight is 188 g/mol. The Bertz CT molecular complexity index is 397. The van der Waals surface area contributed by atoms with Crippen LogP contribution in [0, 0.1) is 0 Å². The van der Waals surface area contributed by atoms with Crippen LogP contribution in [-0.4, -0.2) is 5.84 Å². The van der Waals surface area contributed by atoms with Crippen LogP contribution in [-0.2, 0) is 12.0 Å². The molecule has 0 saturated carbocycles. The van der Waals surface area contributed by atoms with Gasteiger partial charge < -0.3 is 5.73 Å². The molecule has 0 saturated heterocycles. The zero-order valence-electron chi connectivity index (χ0n) is 8.96. The van der Waals surface area contributed by atoms with E-state index in [-0.39, 0.29) is 5.41 Å². The molecule has 0 atom stereocenters. The van der Waals surface area contributed by atoms with Crippen molar-refractivity contribution >= 4 is 5.84 Å². The van der Waals surface area contributed by atoms with Crippen LogP contribution in [0.1, 0.15) is 37.5 Å². The number of aliphatic imine (C=N–C) groups is 1. The molecule has 0 bridgehead atoms. The maximum Gasteiger partial charge on any atom is 0.126 e. The van der Waals surface area contributed by atoms with Crippen molar-refractivity contribution in [2.75, 3.05) is 0 Å². The third-order valence-corrected chi connectivity index (χ3v) is 2.67. The Morgan fingerprint density at radius 2 is 2.00 bits per heavy atom. The number of fused-ring (bicyclic) bond motifs is 1. The highest BCUT2D eigenvalue weighted by molar-refractivity contribution is 6.00. The summed E-state index contributed by atoms with van der Waals surface area (Å²) >= 11 is 0. The van der Waals surface area contributed by atoms with Gasteiger partial charge in [-0.2, -0.15) is 0 Å². The van der Waals surface area contributed by atoms with Crippen molar-refractivity contribution < 1.29 is 0 Å². The van der Waals surface area contributed by atoms with E-state index in [4.69, 9.17) is 5.73 Å². The summed E-state index contributed by atoms with van der Waals surface area (Å²) in [5, 5.41) is 0. The molecule has 0 radical (unpaired) electrons. The maximum absolute atomic E-state index is 5.81. The Hall–Kier alpha value is -1.31. The number of hydrogen-bond donors (Lipinski definition) is 1. The minimum Gasteiger partial charge on any atom is -0.383 e. The van der Waals surface area contributed by atoms with Gasteiger partial charge in [0, 0.05) is 5.56 Å². The molecule has 0 amide bonds. The minimum atomic E-state index is 0.178. The molecule has 1 aliphatic rings. The second kappa shape index (κ2) is 2.84. The third-order valence-electron chi connectivity index (χ3n) is 2.67. The fourth-order valence-electron chi connectivity index (χ4n) is 1.67. The van der Waals surface area contributed by atoms with Gasteiger partial charge >= 0.3 is 0 Å². The Labute approximate surface area is 84.9 Å². The summed E-state index contributed by atoms with van der Waals surface area (Å²) in [5.74, 6) is 0.686. The van der Waals surface area contributed by atoms with E-state index in [1.54, 1.807) is 0 Å². The second-order valence-electron chi connectivity index (χ2n) is 4.82. The summed E-state index contributed by atoms with van der Waals surface area (Å²) in [7, 11) is 0. The van der Waals surface area contributed by atoms with E-state index in [0.29, 0.717) is 5.84 Å². The van der Waals surface area contributed by atoms with Crippen molar-refractivity contribution in [2.45, 2.75) is 32.7 Å². The quantitative estimate of drug-likeness (QED) is 0.666. The molecule has 2 N–H and O–H groups in total. The molecule has 1 heterocycles. The van der Waals surface area contributed by atoms with Crippen molar-refractivity contribution in [1.29, 1.82) is 0 Å². The van der Waals surface area contributed by atoms with Gasteiger partial charge in [-0.25, -0.2) is 0 Å². The van der Waals surface area contributed by atoms with E-state index in [9.17, 15) is 0 Å². The fraction of sp³-hybridized carbons (Fsp3) is 0.417. The van der Waals surface area contributed by atoms with Crippen molar-refractivity contribution in [3.63, 3.8) is 0 Å². The van der Waals surface area contributed by atoms with Crippen molar-refractivity contribution in [3.8, 4) is 0 Å². The topological polar surface area (TPSA) is 38.4 Å². The number of hydrogen-bond acceptors (Lipinski definition) is 2. The highest BCUT2D eigenvalue weighted by Crippen LogP contribution is 2.26. The highest BCUT2D eigenvalue weighted by atomic mass is 14.9. The lowest BCUT2D eigenvalue weighted by Gasteiger charge is -2.19. The molecule has 2 nitrogen and oxygen atoms in total. The standard InChI is InChI=1S/C12H16N2/c1-12(2,3)9-5-4-8-7-14-11(13)10(8)6-9/h4-6H,7H2,1-3H3,(H2,13,14). The number of nitrogens with zero attached hydrogens (tertiary/aromatic N) is 1. The Morgan fingerprint density at radius 3 is 2.64 bits per heavy atom. The molecule has 1 aromatic rings. The zero-order chi connectivity index (χ0) is 10.3. The molecule has 2 rings (SSSR count). The van der Waals surface area contributed by atoms with Crippen LogP contribution in [0.5, 0.6) is 0 Å². The molecular weight excluding hydrogens is 172 g/mol. The largest absolute Gasteiger partial charge is 0.383 e. The average Bonchev–Trinajstić information content (AvgIpc) is 2.46. The first-order valence-corrected chi connectivity index (χ1v) is 4.92. The van der Waals surface area contributed by atoms with Crippen molar-refractivity contribution in [3.05, 3.63) is 34.9 Å². The summed E-state index contributed by atoms with van der Waals surface area (Å²) in [6.07, 6.45) is 0. The normalized spacial score (nSPS) is 15.2. The summed E-state index contributed by atoms with van der Waals surface area (Å²) < 4.78 is 0. The van der Waals surface area contributed by atoms with E-state index in [1.807, 2.05) is 0 Å². The smallest absolute Gasteiger partial charge is 0.126 e. The number of rotatable bonds is 0. The van der Waals surface area contributed by atoms with Gasteiger partial charge in [0.15, 0.2) is 0 Å². The van der Waals surface area contributed by atoms with Crippen LogP contribution in [0.2, 0.25) is 0 Å². The van der Waals surface area contributed by atoms with E-state index in [0.717, 1.165) is 12.1 Å². The van der Waals surface area contributed by atoms with Crippen LogP contribution in [0.15, 0.2) is 23.2 Å². The van der Waals surface area contributed by atoms with Crippen LogP contribution < -0.4 is 5.73 Å². The number of benzene rings is 1. The Morgan fingerprint density at radius 1 is 1.29 bits per heavy atom. The van der Waals surface area contributed by atoms with Gasteiger partial charge in [-0.15, -0.1) is 0 Å². The molecule has 14 heavy (non-hydrogen) atoms. The van der Waals surface area contributed by atoms with Gasteiger partial charge in [-0.05, 0) is 22.6 Å². The van der Waals surface area contributed by atoms with E-state index in [2.05, 4.69) is 44.0 Å². The molecule has 0 unspecified atom stereocenters. The van der Waals surface area contributed by atoms with Gasteiger partial charge in [0.1, 0.15) is 5.84 Å². The minimum absolute atomic E-state index is 0.178. The Balaban J connectivity index is 2.50. The summed E-state index contributed by atoms with van der Waals surface area (Å²) in [5.41, 5.74) is 9.67. The summed E-state index contributed by atoms with van der Waals surface area (Å²) in [6, 6.07) is 6.48. The molecule has 74 valence electrons. The third kappa shape index (κ3) is 1.41. The van der Waals surface area contributed by atoms with Crippen LogP contribution in [0.25, 0.3) is 0 Å². The lowest BCUT2D eigenvalue weighted by atomic mass is 9.85. The Kier molecular flexibility index (Phi) is 1.88. The van der Waals surface area contributed by atoms with Gasteiger partial charge in [0.2, 0.25) is 0 Å². The monoisotopic (exact) mass is 188 g/mol. The highest BCUT2D eigenvalue weighted by Gasteiger charge is 2.18. The van der Waals surface area contributed by atoms with Crippen molar-refractivity contribution in [1.82, 2.24) is 0 Å². The lowest BCUT2D eigenvalue weighted by molar-refractivity contribution is 0.590. The molecule has 0 fully saturated rings. The van der Waals surface area contributed by atoms with Gasteiger partial charge in [0.25, 0.3) is 0 Å². The molecule has 0 aromatic heterocycles. The van der Waals surface area contributed by atoms with E-state index >= 15 is 0 Å². The molecular formula is C12H16N2. The summed E-state index contributed by atoms with van der Waals surface area (Å²) in [6.45, 7) is 7.36. The predicted octanol–water partition coefficient (Wildman–Crippen LogP) is 2.20. The number of amidine groups is 1. The van der Waals surface area contributed by atoms with E-state index < -0.39 is 0 Å². The molecule has 0 spiro atoms. The maximum atomic E-state index is 5.81. The summed E-state index contributed by atoms with van der Waals surface area (Å²) in [4.78, 5) is 4.22. The van der Waals surface area contributed by atoms with E-state index in [1.165, 1.54) is 11.1 Å². The first kappa shape index (κ1) is 9.25. The molecule has 0 aliphatic carbocycles. The van der Waals surface area contributed by atoms with Gasteiger partial charge in [-0.3, -0.25) is 4.99 Å². The van der Waals surface area contributed by atoms with Crippen LogP contribution in [0.4, 0.5) is 0 Å². The number of nitrogens with two attached hydrogens (primary N) is 1. The SMILES string of the molecule is CC(C)(C)c1ccc2c(c1)C(N)=NC2. The predicted molar refractivity (Wildman–Crippen MR) is 59.6 cm³/mol. The molecule has 1 aromatic carbocycles. The zero-order valence-corrected chi connectivity index (χ0v) is 8.96. The first-order valence-electron chi connectivity index (χ1n) is 4.92. The molecule has 2 heteroatoms. The van der Waals surface area contributed by atoms with Crippen molar-refractivity contribution in [2.24, 2.45) is 10.7 Å².